The van der Waals surface area contributed by atoms with Gasteiger partial charge in [0.2, 0.25) is 0 Å². The lowest BCUT2D eigenvalue weighted by Crippen LogP contribution is -2.32. The number of aromatic nitrogens is 1. The van der Waals surface area contributed by atoms with Crippen molar-refractivity contribution in [3.05, 3.63) is 33.7 Å². The first-order valence-corrected chi connectivity index (χ1v) is 5.36. The van der Waals surface area contributed by atoms with E-state index in [1.807, 2.05) is 17.6 Å². The molecule has 0 amide bonds. The molecular formula is C12H17NO2. The first-order valence-electron chi connectivity index (χ1n) is 5.36. The minimum absolute atomic E-state index is 0.0370. The number of hydrogen-bond donors (Lipinski definition) is 1. The van der Waals surface area contributed by atoms with Crippen LogP contribution in [0.4, 0.5) is 0 Å². The van der Waals surface area contributed by atoms with E-state index >= 15 is 0 Å². The van der Waals surface area contributed by atoms with Crippen LogP contribution in [0.15, 0.2) is 16.9 Å². The summed E-state index contributed by atoms with van der Waals surface area (Å²) in [6, 6.07) is 4.00. The zero-order valence-corrected chi connectivity index (χ0v) is 9.45. The van der Waals surface area contributed by atoms with Crippen LogP contribution in [0.3, 0.4) is 0 Å². The zero-order chi connectivity index (χ0) is 11.2. The lowest BCUT2D eigenvalue weighted by Gasteiger charge is -2.19. The maximum atomic E-state index is 12.1. The van der Waals surface area contributed by atoms with Gasteiger partial charge in [-0.05, 0) is 45.7 Å². The summed E-state index contributed by atoms with van der Waals surface area (Å²) in [5.74, 6) is 0. The number of aliphatic hydroxyl groups is 1. The van der Waals surface area contributed by atoms with Crippen LogP contribution in [0, 0.1) is 6.92 Å². The third-order valence-electron chi connectivity index (χ3n) is 2.89. The molecule has 1 saturated carbocycles. The number of hydrogen-bond acceptors (Lipinski definition) is 2. The Kier molecular flexibility index (Phi) is 2.23. The molecule has 1 aromatic heterocycles. The van der Waals surface area contributed by atoms with E-state index in [4.69, 9.17) is 0 Å². The van der Waals surface area contributed by atoms with E-state index < -0.39 is 5.60 Å². The van der Waals surface area contributed by atoms with Gasteiger partial charge in [0.15, 0.2) is 0 Å². The molecule has 1 aliphatic carbocycles. The molecule has 0 bridgehead atoms. The second-order valence-electron chi connectivity index (χ2n) is 4.85. The van der Waals surface area contributed by atoms with Gasteiger partial charge in [0, 0.05) is 17.3 Å². The molecule has 1 fully saturated rings. The normalized spacial score (nSPS) is 16.8. The van der Waals surface area contributed by atoms with Gasteiger partial charge in [0.1, 0.15) is 0 Å². The van der Waals surface area contributed by atoms with Crippen LogP contribution in [0.25, 0.3) is 0 Å². The van der Waals surface area contributed by atoms with E-state index in [0.717, 1.165) is 18.5 Å². The molecule has 3 nitrogen and oxygen atoms in total. The summed E-state index contributed by atoms with van der Waals surface area (Å²) in [6.45, 7) is 5.24. The van der Waals surface area contributed by atoms with Crippen molar-refractivity contribution < 1.29 is 5.11 Å². The monoisotopic (exact) mass is 207 g/mol. The molecule has 3 heteroatoms. The molecule has 0 radical (unpaired) electrons. The topological polar surface area (TPSA) is 42.2 Å². The van der Waals surface area contributed by atoms with Crippen LogP contribution in [0.2, 0.25) is 0 Å². The van der Waals surface area contributed by atoms with Gasteiger partial charge in [-0.15, -0.1) is 0 Å². The van der Waals surface area contributed by atoms with Crippen LogP contribution in [-0.2, 0) is 5.60 Å². The molecule has 0 unspecified atom stereocenters. The number of nitrogens with zero attached hydrogens (tertiary/aromatic N) is 1. The molecule has 0 spiro atoms. The van der Waals surface area contributed by atoms with Gasteiger partial charge in [0.25, 0.3) is 5.56 Å². The second kappa shape index (κ2) is 3.20. The highest BCUT2D eigenvalue weighted by Gasteiger charge is 2.29. The minimum Gasteiger partial charge on any atom is -0.386 e. The molecule has 0 aliphatic heterocycles. The molecule has 1 aromatic rings. The van der Waals surface area contributed by atoms with Gasteiger partial charge in [-0.1, -0.05) is 0 Å². The Hall–Kier alpha value is -1.09. The van der Waals surface area contributed by atoms with Crippen molar-refractivity contribution in [3.8, 4) is 0 Å². The van der Waals surface area contributed by atoms with Crippen molar-refractivity contribution in [2.75, 3.05) is 0 Å². The number of rotatable bonds is 2. The molecule has 15 heavy (non-hydrogen) atoms. The summed E-state index contributed by atoms with van der Waals surface area (Å²) in [5, 5.41) is 9.87. The summed E-state index contributed by atoms with van der Waals surface area (Å²) in [5.41, 5.74) is 0.377. The van der Waals surface area contributed by atoms with Crippen molar-refractivity contribution in [3.63, 3.8) is 0 Å². The van der Waals surface area contributed by atoms with Crippen molar-refractivity contribution >= 4 is 0 Å². The smallest absolute Gasteiger partial charge is 0.257 e. The maximum absolute atomic E-state index is 12.1. The summed E-state index contributed by atoms with van der Waals surface area (Å²) in [6.07, 6.45) is 2.16. The predicted molar refractivity (Wildman–Crippen MR) is 59.0 cm³/mol. The van der Waals surface area contributed by atoms with Crippen molar-refractivity contribution in [2.45, 2.75) is 45.3 Å². The highest BCUT2D eigenvalue weighted by atomic mass is 16.3. The van der Waals surface area contributed by atoms with E-state index in [2.05, 4.69) is 0 Å². The third kappa shape index (κ3) is 1.84. The number of pyridine rings is 1. The maximum Gasteiger partial charge on any atom is 0.257 e. The average Bonchev–Trinajstić information content (AvgIpc) is 2.85. The Balaban J connectivity index is 2.60. The summed E-state index contributed by atoms with van der Waals surface area (Å²) in [4.78, 5) is 12.1. The molecule has 0 saturated heterocycles. The van der Waals surface area contributed by atoms with Crippen LogP contribution >= 0.6 is 0 Å². The quantitative estimate of drug-likeness (QED) is 0.802. The van der Waals surface area contributed by atoms with Crippen molar-refractivity contribution in [1.29, 1.82) is 0 Å². The Morgan fingerprint density at radius 2 is 2.00 bits per heavy atom. The first-order chi connectivity index (χ1) is 6.91. The molecule has 0 atom stereocenters. The van der Waals surface area contributed by atoms with Gasteiger partial charge >= 0.3 is 0 Å². The highest BCUT2D eigenvalue weighted by Crippen LogP contribution is 2.34. The standard InChI is InChI=1S/C12H17NO2/c1-8-4-7-10(12(2,3)15)11(14)13(8)9-5-6-9/h4,7,9,15H,5-6H2,1-3H3. The number of aryl methyl sites for hydroxylation is 1. The van der Waals surface area contributed by atoms with Crippen LogP contribution in [-0.4, -0.2) is 9.67 Å². The van der Waals surface area contributed by atoms with Gasteiger partial charge in [-0.3, -0.25) is 4.79 Å². The highest BCUT2D eigenvalue weighted by molar-refractivity contribution is 5.22. The Morgan fingerprint density at radius 3 is 2.47 bits per heavy atom. The first kappa shape index (κ1) is 10.4. The molecule has 1 N–H and O–H groups in total. The zero-order valence-electron chi connectivity index (χ0n) is 9.45. The Labute approximate surface area is 89.4 Å². The molecule has 0 aromatic carbocycles. The second-order valence-corrected chi connectivity index (χ2v) is 4.85. The van der Waals surface area contributed by atoms with Crippen molar-refractivity contribution in [1.82, 2.24) is 4.57 Å². The van der Waals surface area contributed by atoms with E-state index in [9.17, 15) is 9.90 Å². The van der Waals surface area contributed by atoms with E-state index in [-0.39, 0.29) is 5.56 Å². The van der Waals surface area contributed by atoms with Crippen molar-refractivity contribution in [2.24, 2.45) is 0 Å². The SMILES string of the molecule is Cc1ccc(C(C)(C)O)c(=O)n1C1CC1. The fraction of sp³-hybridized carbons (Fsp3) is 0.583. The third-order valence-corrected chi connectivity index (χ3v) is 2.89. The van der Waals surface area contributed by atoms with E-state index in [1.165, 1.54) is 0 Å². The van der Waals surface area contributed by atoms with Crippen LogP contribution in [0.1, 0.15) is 44.0 Å². The largest absolute Gasteiger partial charge is 0.386 e. The fourth-order valence-corrected chi connectivity index (χ4v) is 1.90. The Bertz CT molecular complexity index is 436. The minimum atomic E-state index is -1.05. The van der Waals surface area contributed by atoms with Gasteiger partial charge < -0.3 is 9.67 Å². The molecule has 1 heterocycles. The lowest BCUT2D eigenvalue weighted by atomic mass is 10.00. The molecule has 82 valence electrons. The van der Waals surface area contributed by atoms with Crippen LogP contribution in [0.5, 0.6) is 0 Å². The van der Waals surface area contributed by atoms with Gasteiger partial charge in [0.05, 0.1) is 5.60 Å². The van der Waals surface area contributed by atoms with Gasteiger partial charge in [-0.25, -0.2) is 0 Å². The lowest BCUT2D eigenvalue weighted by molar-refractivity contribution is 0.0764. The van der Waals surface area contributed by atoms with E-state index in [1.54, 1.807) is 19.9 Å². The Morgan fingerprint density at radius 1 is 1.40 bits per heavy atom. The summed E-state index contributed by atoms with van der Waals surface area (Å²) in [7, 11) is 0. The fourth-order valence-electron chi connectivity index (χ4n) is 1.90. The molecule has 1 aliphatic rings. The average molecular weight is 207 g/mol. The molecular weight excluding hydrogens is 190 g/mol. The summed E-state index contributed by atoms with van der Waals surface area (Å²) < 4.78 is 1.81. The predicted octanol–water partition coefficient (Wildman–Crippen LogP) is 1.72. The van der Waals surface area contributed by atoms with Gasteiger partial charge in [-0.2, -0.15) is 0 Å². The summed E-state index contributed by atoms with van der Waals surface area (Å²) >= 11 is 0. The van der Waals surface area contributed by atoms with E-state index in [0.29, 0.717) is 11.6 Å². The molecule has 2 rings (SSSR count). The van der Waals surface area contributed by atoms with Crippen LogP contribution < -0.4 is 5.56 Å².